The Kier molecular flexibility index (Phi) is 5.76. The number of rotatable bonds is 6. The van der Waals surface area contributed by atoms with Crippen molar-refractivity contribution in [3.63, 3.8) is 0 Å². The number of nitro groups is 1. The molecule has 1 aromatic rings. The van der Waals surface area contributed by atoms with Crippen molar-refractivity contribution in [2.45, 2.75) is 39.2 Å². The summed E-state index contributed by atoms with van der Waals surface area (Å²) in [4.78, 5) is 22.2. The van der Waals surface area contributed by atoms with Gasteiger partial charge in [-0.15, -0.1) is 0 Å². The van der Waals surface area contributed by atoms with Crippen molar-refractivity contribution in [3.8, 4) is 0 Å². The molecule has 0 aliphatic rings. The average Bonchev–Trinajstić information content (AvgIpc) is 2.37. The number of nitro benzene ring substituents is 1. The predicted molar refractivity (Wildman–Crippen MR) is 74.6 cm³/mol. The third-order valence-corrected chi connectivity index (χ3v) is 3.28. The minimum Gasteiger partial charge on any atom is -0.349 e. The van der Waals surface area contributed by atoms with E-state index in [2.05, 4.69) is 5.32 Å². The van der Waals surface area contributed by atoms with Crippen molar-refractivity contribution < 1.29 is 9.72 Å². The highest BCUT2D eigenvalue weighted by Crippen LogP contribution is 2.27. The Balaban J connectivity index is 2.94. The second kappa shape index (κ2) is 7.09. The van der Waals surface area contributed by atoms with Crippen LogP contribution >= 0.6 is 11.6 Å². The van der Waals surface area contributed by atoms with Gasteiger partial charge in [-0.1, -0.05) is 37.9 Å². The van der Waals surface area contributed by atoms with Gasteiger partial charge in [0.2, 0.25) is 0 Å². The van der Waals surface area contributed by atoms with Crippen LogP contribution in [0, 0.1) is 10.1 Å². The van der Waals surface area contributed by atoms with Crippen molar-refractivity contribution in [2.75, 3.05) is 0 Å². The van der Waals surface area contributed by atoms with Crippen LogP contribution in [0.25, 0.3) is 0 Å². The minimum absolute atomic E-state index is 0.0628. The molecule has 0 saturated heterocycles. The molecule has 1 aromatic carbocycles. The third-order valence-electron chi connectivity index (χ3n) is 2.88. The SMILES string of the molecule is CCCC(CC)NC(=O)c1cccc([N+](=O)[O-])c1Cl. The van der Waals surface area contributed by atoms with Gasteiger partial charge >= 0.3 is 0 Å². The van der Waals surface area contributed by atoms with Gasteiger partial charge in [0, 0.05) is 12.1 Å². The van der Waals surface area contributed by atoms with Gasteiger partial charge in [-0.05, 0) is 18.9 Å². The lowest BCUT2D eigenvalue weighted by Gasteiger charge is -2.16. The van der Waals surface area contributed by atoms with Gasteiger partial charge in [0.25, 0.3) is 11.6 Å². The zero-order valence-corrected chi connectivity index (χ0v) is 11.7. The van der Waals surface area contributed by atoms with Gasteiger partial charge in [-0.2, -0.15) is 0 Å². The summed E-state index contributed by atoms with van der Waals surface area (Å²) in [5.41, 5.74) is -0.108. The first-order valence-corrected chi connectivity index (χ1v) is 6.62. The Morgan fingerprint density at radius 3 is 2.68 bits per heavy atom. The van der Waals surface area contributed by atoms with Crippen LogP contribution in [0.5, 0.6) is 0 Å². The number of nitrogens with one attached hydrogen (secondary N) is 1. The summed E-state index contributed by atoms with van der Waals surface area (Å²) in [5, 5.41) is 13.5. The highest BCUT2D eigenvalue weighted by atomic mass is 35.5. The summed E-state index contributed by atoms with van der Waals surface area (Å²) in [6, 6.07) is 4.29. The van der Waals surface area contributed by atoms with Crippen LogP contribution in [0.15, 0.2) is 18.2 Å². The first-order valence-electron chi connectivity index (χ1n) is 6.25. The molecule has 6 heteroatoms. The van der Waals surface area contributed by atoms with E-state index in [1.807, 2.05) is 13.8 Å². The molecular formula is C13H17ClN2O3. The van der Waals surface area contributed by atoms with E-state index in [9.17, 15) is 14.9 Å². The van der Waals surface area contributed by atoms with E-state index in [0.29, 0.717) is 0 Å². The van der Waals surface area contributed by atoms with E-state index < -0.39 is 4.92 Å². The number of carbonyl (C=O) groups excluding carboxylic acids is 1. The summed E-state index contributed by atoms with van der Waals surface area (Å²) in [5.74, 6) is -0.367. The van der Waals surface area contributed by atoms with E-state index in [-0.39, 0.29) is 28.2 Å². The standard InChI is InChI=1S/C13H17ClN2O3/c1-3-6-9(4-2)15-13(17)10-7-5-8-11(12(10)14)16(18)19/h5,7-9H,3-4,6H2,1-2H3,(H,15,17). The first kappa shape index (κ1) is 15.4. The lowest BCUT2D eigenvalue weighted by molar-refractivity contribution is -0.384. The highest BCUT2D eigenvalue weighted by Gasteiger charge is 2.21. The molecule has 0 bridgehead atoms. The molecule has 1 amide bonds. The highest BCUT2D eigenvalue weighted by molar-refractivity contribution is 6.35. The molecule has 0 spiro atoms. The number of benzene rings is 1. The third kappa shape index (κ3) is 3.92. The minimum atomic E-state index is -0.595. The molecule has 5 nitrogen and oxygen atoms in total. The summed E-state index contributed by atoms with van der Waals surface area (Å²) in [7, 11) is 0. The topological polar surface area (TPSA) is 72.2 Å². The molecule has 1 N–H and O–H groups in total. The Morgan fingerprint density at radius 1 is 1.47 bits per heavy atom. The average molecular weight is 285 g/mol. The lowest BCUT2D eigenvalue weighted by atomic mass is 10.1. The van der Waals surface area contributed by atoms with Gasteiger partial charge < -0.3 is 5.32 Å². The molecule has 1 rings (SSSR count). The van der Waals surface area contributed by atoms with Crippen molar-refractivity contribution in [1.82, 2.24) is 5.32 Å². The van der Waals surface area contributed by atoms with Gasteiger partial charge in [-0.25, -0.2) is 0 Å². The molecule has 19 heavy (non-hydrogen) atoms. The van der Waals surface area contributed by atoms with Gasteiger partial charge in [0.05, 0.1) is 10.5 Å². The van der Waals surface area contributed by atoms with Crippen molar-refractivity contribution in [1.29, 1.82) is 0 Å². The summed E-state index contributed by atoms with van der Waals surface area (Å²) in [6.45, 7) is 4.02. The molecule has 0 aliphatic carbocycles. The van der Waals surface area contributed by atoms with E-state index in [4.69, 9.17) is 11.6 Å². The fourth-order valence-electron chi connectivity index (χ4n) is 1.83. The maximum atomic E-state index is 12.1. The van der Waals surface area contributed by atoms with Crippen molar-refractivity contribution in [3.05, 3.63) is 38.9 Å². The molecule has 0 fully saturated rings. The number of carbonyl (C=O) groups is 1. The van der Waals surface area contributed by atoms with Crippen LogP contribution in [-0.2, 0) is 0 Å². The fraction of sp³-hybridized carbons (Fsp3) is 0.462. The first-order chi connectivity index (χ1) is 9.01. The van der Waals surface area contributed by atoms with E-state index in [1.54, 1.807) is 0 Å². The normalized spacial score (nSPS) is 11.9. The second-order valence-corrected chi connectivity index (χ2v) is 4.64. The van der Waals surface area contributed by atoms with Crippen LogP contribution in [-0.4, -0.2) is 16.9 Å². The molecule has 0 aliphatic heterocycles. The molecule has 1 atom stereocenters. The Labute approximate surface area is 117 Å². The van der Waals surface area contributed by atoms with Crippen LogP contribution in [0.1, 0.15) is 43.5 Å². The quantitative estimate of drug-likeness (QED) is 0.641. The predicted octanol–water partition coefficient (Wildman–Crippen LogP) is 3.56. The number of nitrogens with zero attached hydrogens (tertiary/aromatic N) is 1. The summed E-state index contributed by atoms with van der Waals surface area (Å²) >= 11 is 5.90. The Bertz CT molecular complexity index is 477. The van der Waals surface area contributed by atoms with Crippen LogP contribution in [0.2, 0.25) is 5.02 Å². The maximum absolute atomic E-state index is 12.1. The Hall–Kier alpha value is -1.62. The zero-order chi connectivity index (χ0) is 14.4. The van der Waals surface area contributed by atoms with E-state index >= 15 is 0 Å². The molecule has 0 radical (unpaired) electrons. The number of hydrogen-bond donors (Lipinski definition) is 1. The largest absolute Gasteiger partial charge is 0.349 e. The maximum Gasteiger partial charge on any atom is 0.288 e. The summed E-state index contributed by atoms with van der Waals surface area (Å²) < 4.78 is 0. The Morgan fingerprint density at radius 2 is 2.16 bits per heavy atom. The van der Waals surface area contributed by atoms with Crippen LogP contribution in [0.4, 0.5) is 5.69 Å². The van der Waals surface area contributed by atoms with E-state index in [1.165, 1.54) is 18.2 Å². The number of halogens is 1. The monoisotopic (exact) mass is 284 g/mol. The summed E-state index contributed by atoms with van der Waals surface area (Å²) in [6.07, 6.45) is 2.64. The molecule has 0 heterocycles. The zero-order valence-electron chi connectivity index (χ0n) is 11.0. The fourth-order valence-corrected chi connectivity index (χ4v) is 2.11. The van der Waals surface area contributed by atoms with Gasteiger partial charge in [0.15, 0.2) is 0 Å². The number of amides is 1. The van der Waals surface area contributed by atoms with E-state index in [0.717, 1.165) is 19.3 Å². The van der Waals surface area contributed by atoms with Crippen LogP contribution < -0.4 is 5.32 Å². The molecule has 0 aromatic heterocycles. The number of hydrogen-bond acceptors (Lipinski definition) is 3. The molecular weight excluding hydrogens is 268 g/mol. The molecule has 104 valence electrons. The smallest absolute Gasteiger partial charge is 0.288 e. The van der Waals surface area contributed by atoms with Crippen molar-refractivity contribution >= 4 is 23.2 Å². The molecule has 0 saturated carbocycles. The van der Waals surface area contributed by atoms with Crippen LogP contribution in [0.3, 0.4) is 0 Å². The molecule has 1 unspecified atom stereocenters. The van der Waals surface area contributed by atoms with Gasteiger partial charge in [-0.3, -0.25) is 14.9 Å². The van der Waals surface area contributed by atoms with Crippen molar-refractivity contribution in [2.24, 2.45) is 0 Å². The second-order valence-electron chi connectivity index (χ2n) is 4.26. The lowest BCUT2D eigenvalue weighted by Crippen LogP contribution is -2.34. The van der Waals surface area contributed by atoms with Gasteiger partial charge in [0.1, 0.15) is 5.02 Å².